The third kappa shape index (κ3) is 3.43. The fourth-order valence-electron chi connectivity index (χ4n) is 3.72. The molecule has 4 aromatic carbocycles. The van der Waals surface area contributed by atoms with E-state index in [-0.39, 0.29) is 11.6 Å². The molecule has 142 valence electrons. The number of hydrogen-bond acceptors (Lipinski definition) is 3. The zero-order chi connectivity index (χ0) is 20.5. The molecule has 0 spiro atoms. The van der Waals surface area contributed by atoms with E-state index in [1.165, 1.54) is 0 Å². The van der Waals surface area contributed by atoms with E-state index in [1.807, 2.05) is 72.8 Å². The van der Waals surface area contributed by atoms with Gasteiger partial charge in [0, 0.05) is 22.4 Å². The minimum atomic E-state index is 0.0306. The molecule has 0 amide bonds. The second-order valence-electron chi connectivity index (χ2n) is 7.20. The van der Waals surface area contributed by atoms with Crippen LogP contribution in [0.5, 0.6) is 0 Å². The average molecular weight is 379 g/mol. The summed E-state index contributed by atoms with van der Waals surface area (Å²) in [6.45, 7) is 3.12. The number of nitrogens with two attached hydrogens (primary N) is 1. The van der Waals surface area contributed by atoms with E-state index in [9.17, 15) is 9.59 Å². The van der Waals surface area contributed by atoms with Gasteiger partial charge in [-0.25, -0.2) is 0 Å². The minimum absolute atomic E-state index is 0.0306. The molecule has 0 aliphatic heterocycles. The third-order valence-corrected chi connectivity index (χ3v) is 5.24. The standard InChI is InChI=1S/C26H21NO2/c1-16(28)18-7-11-20(12-8-18)25-23-6-4-3-5-22(23)15-24(27)26(25)21-13-9-19(10-14-21)17(2)29/h3-15H,27H2,1-2H3. The Balaban J connectivity index is 2.01. The van der Waals surface area contributed by atoms with Gasteiger partial charge in [-0.2, -0.15) is 0 Å². The van der Waals surface area contributed by atoms with Gasteiger partial charge in [-0.3, -0.25) is 9.59 Å². The van der Waals surface area contributed by atoms with Gasteiger partial charge < -0.3 is 5.73 Å². The lowest BCUT2D eigenvalue weighted by Crippen LogP contribution is -1.97. The van der Waals surface area contributed by atoms with Crippen LogP contribution in [0, 0.1) is 0 Å². The summed E-state index contributed by atoms with van der Waals surface area (Å²) in [4.78, 5) is 23.3. The maximum Gasteiger partial charge on any atom is 0.159 e. The third-order valence-electron chi connectivity index (χ3n) is 5.24. The van der Waals surface area contributed by atoms with E-state index in [2.05, 4.69) is 6.07 Å². The maximum atomic E-state index is 11.7. The van der Waals surface area contributed by atoms with E-state index in [1.54, 1.807) is 13.8 Å². The first-order valence-corrected chi connectivity index (χ1v) is 9.49. The van der Waals surface area contributed by atoms with Crippen molar-refractivity contribution in [2.75, 3.05) is 5.73 Å². The molecule has 0 saturated carbocycles. The van der Waals surface area contributed by atoms with Gasteiger partial charge in [-0.1, -0.05) is 72.8 Å². The van der Waals surface area contributed by atoms with Crippen LogP contribution in [0.25, 0.3) is 33.0 Å². The summed E-state index contributed by atoms with van der Waals surface area (Å²) in [5.41, 5.74) is 12.4. The molecule has 0 heterocycles. The predicted octanol–water partition coefficient (Wildman–Crippen LogP) is 6.16. The summed E-state index contributed by atoms with van der Waals surface area (Å²) in [7, 11) is 0. The highest BCUT2D eigenvalue weighted by Gasteiger charge is 2.16. The van der Waals surface area contributed by atoms with Gasteiger partial charge in [-0.05, 0) is 47.4 Å². The Morgan fingerprint density at radius 1 is 0.655 bits per heavy atom. The van der Waals surface area contributed by atoms with Gasteiger partial charge >= 0.3 is 0 Å². The van der Waals surface area contributed by atoms with Gasteiger partial charge in [0.2, 0.25) is 0 Å². The SMILES string of the molecule is CC(=O)c1ccc(-c2c(N)cc3ccccc3c2-c2ccc(C(C)=O)cc2)cc1. The van der Waals surface area contributed by atoms with Crippen molar-refractivity contribution in [1.29, 1.82) is 0 Å². The van der Waals surface area contributed by atoms with Crippen LogP contribution in [-0.2, 0) is 0 Å². The number of anilines is 1. The van der Waals surface area contributed by atoms with Crippen molar-refractivity contribution >= 4 is 28.0 Å². The molecule has 0 saturated heterocycles. The molecule has 0 unspecified atom stereocenters. The fraction of sp³-hybridized carbons (Fsp3) is 0.0769. The molecule has 0 bridgehead atoms. The monoisotopic (exact) mass is 379 g/mol. The summed E-state index contributed by atoms with van der Waals surface area (Å²) in [5, 5.41) is 2.14. The Bertz CT molecular complexity index is 1240. The summed E-state index contributed by atoms with van der Waals surface area (Å²) in [6, 6.07) is 25.3. The number of Topliss-reactive ketones (excluding diaryl/α,β-unsaturated/α-hetero) is 2. The average Bonchev–Trinajstić information content (AvgIpc) is 2.73. The van der Waals surface area contributed by atoms with Crippen molar-refractivity contribution in [3.63, 3.8) is 0 Å². The molecule has 0 aromatic heterocycles. The highest BCUT2D eigenvalue weighted by molar-refractivity contribution is 6.09. The highest BCUT2D eigenvalue weighted by Crippen LogP contribution is 2.42. The number of fused-ring (bicyclic) bond motifs is 1. The Kier molecular flexibility index (Phi) is 4.73. The van der Waals surface area contributed by atoms with Crippen molar-refractivity contribution in [2.24, 2.45) is 0 Å². The van der Waals surface area contributed by atoms with E-state index in [0.717, 1.165) is 33.0 Å². The molecule has 0 fully saturated rings. The first-order valence-electron chi connectivity index (χ1n) is 9.49. The summed E-state index contributed by atoms with van der Waals surface area (Å²) < 4.78 is 0. The fourth-order valence-corrected chi connectivity index (χ4v) is 3.72. The largest absolute Gasteiger partial charge is 0.398 e. The normalized spacial score (nSPS) is 10.8. The van der Waals surface area contributed by atoms with Gasteiger partial charge in [0.25, 0.3) is 0 Å². The van der Waals surface area contributed by atoms with Crippen LogP contribution in [0.2, 0.25) is 0 Å². The summed E-state index contributed by atoms with van der Waals surface area (Å²) in [6.07, 6.45) is 0. The van der Waals surface area contributed by atoms with Crippen LogP contribution in [-0.4, -0.2) is 11.6 Å². The molecule has 29 heavy (non-hydrogen) atoms. The zero-order valence-corrected chi connectivity index (χ0v) is 16.4. The lowest BCUT2D eigenvalue weighted by atomic mass is 9.87. The molecule has 0 aliphatic carbocycles. The van der Waals surface area contributed by atoms with E-state index in [0.29, 0.717) is 16.8 Å². The van der Waals surface area contributed by atoms with Crippen LogP contribution in [0.4, 0.5) is 5.69 Å². The second-order valence-corrected chi connectivity index (χ2v) is 7.20. The Labute approximate surface area is 169 Å². The lowest BCUT2D eigenvalue weighted by molar-refractivity contribution is 0.100. The molecule has 4 aromatic rings. The Morgan fingerprint density at radius 3 is 1.66 bits per heavy atom. The van der Waals surface area contributed by atoms with Crippen LogP contribution in [0.1, 0.15) is 34.6 Å². The number of hydrogen-bond donors (Lipinski definition) is 1. The molecule has 0 atom stereocenters. The Morgan fingerprint density at radius 2 is 1.14 bits per heavy atom. The summed E-state index contributed by atoms with van der Waals surface area (Å²) >= 11 is 0. The van der Waals surface area contributed by atoms with E-state index < -0.39 is 0 Å². The van der Waals surface area contributed by atoms with Crippen LogP contribution in [0.15, 0.2) is 78.9 Å². The first kappa shape index (κ1) is 18.6. The topological polar surface area (TPSA) is 60.2 Å². The van der Waals surface area contributed by atoms with Crippen molar-refractivity contribution in [2.45, 2.75) is 13.8 Å². The number of benzene rings is 4. The summed E-state index contributed by atoms with van der Waals surface area (Å²) in [5.74, 6) is 0.0668. The van der Waals surface area contributed by atoms with Crippen LogP contribution < -0.4 is 5.73 Å². The number of nitrogen functional groups attached to an aromatic ring is 1. The van der Waals surface area contributed by atoms with Gasteiger partial charge in [0.1, 0.15) is 0 Å². The highest BCUT2D eigenvalue weighted by atomic mass is 16.1. The van der Waals surface area contributed by atoms with Gasteiger partial charge in [0.05, 0.1) is 0 Å². The molecular weight excluding hydrogens is 358 g/mol. The van der Waals surface area contributed by atoms with Crippen LogP contribution in [0.3, 0.4) is 0 Å². The molecule has 3 heteroatoms. The Hall–Kier alpha value is -3.72. The van der Waals surface area contributed by atoms with E-state index >= 15 is 0 Å². The van der Waals surface area contributed by atoms with E-state index in [4.69, 9.17) is 5.73 Å². The number of ketones is 2. The number of rotatable bonds is 4. The quantitative estimate of drug-likeness (QED) is 0.341. The number of carbonyl (C=O) groups excluding carboxylic acids is 2. The van der Waals surface area contributed by atoms with Crippen molar-refractivity contribution in [3.05, 3.63) is 90.0 Å². The molecule has 3 nitrogen and oxygen atoms in total. The minimum Gasteiger partial charge on any atom is -0.398 e. The molecule has 0 aliphatic rings. The van der Waals surface area contributed by atoms with Gasteiger partial charge in [0.15, 0.2) is 11.6 Å². The number of carbonyl (C=O) groups is 2. The van der Waals surface area contributed by atoms with Crippen molar-refractivity contribution < 1.29 is 9.59 Å². The molecule has 4 rings (SSSR count). The lowest BCUT2D eigenvalue weighted by Gasteiger charge is -2.17. The molecule has 2 N–H and O–H groups in total. The smallest absolute Gasteiger partial charge is 0.159 e. The van der Waals surface area contributed by atoms with Gasteiger partial charge in [-0.15, -0.1) is 0 Å². The van der Waals surface area contributed by atoms with Crippen molar-refractivity contribution in [1.82, 2.24) is 0 Å². The second kappa shape index (κ2) is 7.36. The van der Waals surface area contributed by atoms with Crippen molar-refractivity contribution in [3.8, 4) is 22.3 Å². The predicted molar refractivity (Wildman–Crippen MR) is 119 cm³/mol. The molecule has 0 radical (unpaired) electrons. The zero-order valence-electron chi connectivity index (χ0n) is 16.4. The van der Waals surface area contributed by atoms with Crippen LogP contribution >= 0.6 is 0 Å². The maximum absolute atomic E-state index is 11.7. The first-order chi connectivity index (χ1) is 14.0. The molecular formula is C26H21NO2.